The Kier molecular flexibility index (Phi) is 6.97. The van der Waals surface area contributed by atoms with Gasteiger partial charge in [-0.2, -0.15) is 0 Å². The van der Waals surface area contributed by atoms with Crippen molar-refractivity contribution in [3.8, 4) is 0 Å². The SMILES string of the molecule is CN=C(NCCS(=O)(=O)c1ccc(Br)cc1)NCc1nc(C)c(C)s1. The van der Waals surface area contributed by atoms with Gasteiger partial charge in [0.05, 0.1) is 22.9 Å². The van der Waals surface area contributed by atoms with Crippen molar-refractivity contribution in [1.82, 2.24) is 15.6 Å². The largest absolute Gasteiger partial charge is 0.355 e. The minimum absolute atomic E-state index is 0.00913. The Bertz CT molecular complexity index is 826. The first kappa shape index (κ1) is 19.9. The van der Waals surface area contributed by atoms with Crippen molar-refractivity contribution in [3.63, 3.8) is 0 Å². The van der Waals surface area contributed by atoms with Gasteiger partial charge in [0.2, 0.25) is 0 Å². The second-order valence-corrected chi connectivity index (χ2v) is 9.69. The van der Waals surface area contributed by atoms with Crippen molar-refractivity contribution < 1.29 is 8.42 Å². The van der Waals surface area contributed by atoms with Crippen LogP contribution in [0, 0.1) is 13.8 Å². The first-order chi connectivity index (χ1) is 11.8. The topological polar surface area (TPSA) is 83.5 Å². The molecule has 0 atom stereocenters. The van der Waals surface area contributed by atoms with Crippen LogP contribution >= 0.6 is 27.3 Å². The average Bonchev–Trinajstić information content (AvgIpc) is 2.89. The number of nitrogens with one attached hydrogen (secondary N) is 2. The number of hydrogen-bond acceptors (Lipinski definition) is 5. The van der Waals surface area contributed by atoms with Crippen LogP contribution in [0.5, 0.6) is 0 Å². The van der Waals surface area contributed by atoms with Crippen LogP contribution in [0.3, 0.4) is 0 Å². The van der Waals surface area contributed by atoms with E-state index in [1.165, 1.54) is 4.88 Å². The summed E-state index contributed by atoms with van der Waals surface area (Å²) in [7, 11) is -1.68. The van der Waals surface area contributed by atoms with Crippen molar-refractivity contribution in [2.45, 2.75) is 25.3 Å². The highest BCUT2D eigenvalue weighted by Crippen LogP contribution is 2.16. The van der Waals surface area contributed by atoms with Crippen molar-refractivity contribution in [1.29, 1.82) is 0 Å². The van der Waals surface area contributed by atoms with Crippen LogP contribution in [0.25, 0.3) is 0 Å². The van der Waals surface area contributed by atoms with Crippen LogP contribution < -0.4 is 10.6 Å². The summed E-state index contributed by atoms with van der Waals surface area (Å²) in [5.41, 5.74) is 1.03. The fourth-order valence-electron chi connectivity index (χ4n) is 2.06. The number of aliphatic imine (C=N–C) groups is 1. The van der Waals surface area contributed by atoms with Gasteiger partial charge < -0.3 is 10.6 Å². The van der Waals surface area contributed by atoms with Gasteiger partial charge in [0.1, 0.15) is 5.01 Å². The van der Waals surface area contributed by atoms with E-state index in [1.54, 1.807) is 42.6 Å². The van der Waals surface area contributed by atoms with Crippen molar-refractivity contribution >= 4 is 43.1 Å². The Hall–Kier alpha value is -1.45. The van der Waals surface area contributed by atoms with Gasteiger partial charge in [0.15, 0.2) is 15.8 Å². The lowest BCUT2D eigenvalue weighted by atomic mass is 10.4. The Morgan fingerprint density at radius 1 is 1.24 bits per heavy atom. The zero-order valence-corrected chi connectivity index (χ0v) is 17.6. The van der Waals surface area contributed by atoms with E-state index in [4.69, 9.17) is 0 Å². The molecule has 1 aromatic heterocycles. The molecule has 0 fully saturated rings. The fourth-order valence-corrected chi connectivity index (χ4v) is 4.35. The number of halogens is 1. The van der Waals surface area contributed by atoms with E-state index < -0.39 is 9.84 Å². The normalized spacial score (nSPS) is 12.2. The first-order valence-corrected chi connectivity index (χ1v) is 10.9. The monoisotopic (exact) mass is 444 g/mol. The molecule has 0 aliphatic heterocycles. The molecule has 0 radical (unpaired) electrons. The van der Waals surface area contributed by atoms with E-state index in [-0.39, 0.29) is 12.3 Å². The lowest BCUT2D eigenvalue weighted by molar-refractivity contribution is 0.594. The number of guanidine groups is 1. The van der Waals surface area contributed by atoms with E-state index in [0.717, 1.165) is 15.2 Å². The van der Waals surface area contributed by atoms with E-state index in [0.29, 0.717) is 17.4 Å². The molecule has 1 heterocycles. The van der Waals surface area contributed by atoms with Gasteiger partial charge in [-0.3, -0.25) is 4.99 Å². The van der Waals surface area contributed by atoms with Crippen molar-refractivity contribution in [2.75, 3.05) is 19.3 Å². The molecule has 136 valence electrons. The molecule has 2 N–H and O–H groups in total. The summed E-state index contributed by atoms with van der Waals surface area (Å²) in [6.45, 7) is 4.85. The smallest absolute Gasteiger partial charge is 0.191 e. The second kappa shape index (κ2) is 8.77. The Morgan fingerprint density at radius 3 is 2.48 bits per heavy atom. The lowest BCUT2D eigenvalue weighted by Crippen LogP contribution is -2.39. The molecule has 0 saturated heterocycles. The summed E-state index contributed by atoms with van der Waals surface area (Å²) in [4.78, 5) is 10.1. The molecule has 1 aromatic carbocycles. The molecule has 9 heteroatoms. The Labute approximate surface area is 160 Å². The highest BCUT2D eigenvalue weighted by molar-refractivity contribution is 9.10. The minimum atomic E-state index is -3.33. The number of aromatic nitrogens is 1. The summed E-state index contributed by atoms with van der Waals surface area (Å²) in [5, 5.41) is 7.14. The zero-order valence-electron chi connectivity index (χ0n) is 14.3. The molecule has 0 bridgehead atoms. The number of hydrogen-bond donors (Lipinski definition) is 2. The van der Waals surface area contributed by atoms with E-state index >= 15 is 0 Å². The van der Waals surface area contributed by atoms with Crippen LogP contribution in [0.15, 0.2) is 38.6 Å². The third-order valence-electron chi connectivity index (χ3n) is 3.54. The maximum atomic E-state index is 12.3. The van der Waals surface area contributed by atoms with Gasteiger partial charge in [0, 0.05) is 22.9 Å². The maximum Gasteiger partial charge on any atom is 0.191 e. The molecule has 0 saturated carbocycles. The first-order valence-electron chi connectivity index (χ1n) is 7.67. The molecular weight excluding hydrogens is 424 g/mol. The van der Waals surface area contributed by atoms with Crippen LogP contribution in [0.1, 0.15) is 15.6 Å². The molecule has 0 spiro atoms. The standard InChI is InChI=1S/C16H21BrN4O2S2/c1-11-12(2)24-15(21-11)10-20-16(18-3)19-8-9-25(22,23)14-6-4-13(17)5-7-14/h4-7H,8-10H2,1-3H3,(H2,18,19,20). The number of sulfone groups is 1. The van der Waals surface area contributed by atoms with E-state index in [1.807, 2.05) is 13.8 Å². The van der Waals surface area contributed by atoms with Gasteiger partial charge in [-0.05, 0) is 38.1 Å². The van der Waals surface area contributed by atoms with E-state index in [9.17, 15) is 8.42 Å². The van der Waals surface area contributed by atoms with Gasteiger partial charge in [0.25, 0.3) is 0 Å². The molecular formula is C16H21BrN4O2S2. The number of benzene rings is 1. The third-order valence-corrected chi connectivity index (χ3v) is 6.87. The molecule has 0 amide bonds. The number of thiazole rings is 1. The second-order valence-electron chi connectivity index (χ2n) is 5.37. The van der Waals surface area contributed by atoms with Crippen LogP contribution in [0.2, 0.25) is 0 Å². The number of rotatable bonds is 6. The molecule has 2 rings (SSSR count). The third kappa shape index (κ3) is 5.79. The van der Waals surface area contributed by atoms with Gasteiger partial charge in [-0.15, -0.1) is 11.3 Å². The highest BCUT2D eigenvalue weighted by atomic mass is 79.9. The minimum Gasteiger partial charge on any atom is -0.355 e. The quantitative estimate of drug-likeness (QED) is 0.528. The van der Waals surface area contributed by atoms with Gasteiger partial charge >= 0.3 is 0 Å². The van der Waals surface area contributed by atoms with Crippen LogP contribution in [-0.4, -0.2) is 38.7 Å². The summed E-state index contributed by atoms with van der Waals surface area (Å²) in [6.07, 6.45) is 0. The fraction of sp³-hybridized carbons (Fsp3) is 0.375. The summed E-state index contributed by atoms with van der Waals surface area (Å²) in [5.74, 6) is 0.543. The van der Waals surface area contributed by atoms with Gasteiger partial charge in [-0.1, -0.05) is 15.9 Å². The predicted octanol–water partition coefficient (Wildman–Crippen LogP) is 2.66. The Balaban J connectivity index is 1.85. The summed E-state index contributed by atoms with van der Waals surface area (Å²) >= 11 is 4.94. The lowest BCUT2D eigenvalue weighted by Gasteiger charge is -2.11. The predicted molar refractivity (Wildman–Crippen MR) is 106 cm³/mol. The van der Waals surface area contributed by atoms with Crippen molar-refractivity contribution in [2.24, 2.45) is 4.99 Å². The maximum absolute atomic E-state index is 12.3. The zero-order chi connectivity index (χ0) is 18.4. The molecule has 25 heavy (non-hydrogen) atoms. The summed E-state index contributed by atoms with van der Waals surface area (Å²) in [6, 6.07) is 6.64. The molecule has 2 aromatic rings. The van der Waals surface area contributed by atoms with E-state index in [2.05, 4.69) is 36.5 Å². The molecule has 0 aliphatic rings. The van der Waals surface area contributed by atoms with Gasteiger partial charge in [-0.25, -0.2) is 13.4 Å². The summed E-state index contributed by atoms with van der Waals surface area (Å²) < 4.78 is 25.5. The average molecular weight is 445 g/mol. The number of nitrogens with zero attached hydrogens (tertiary/aromatic N) is 2. The Morgan fingerprint density at radius 2 is 1.92 bits per heavy atom. The van der Waals surface area contributed by atoms with Crippen LogP contribution in [0.4, 0.5) is 0 Å². The van der Waals surface area contributed by atoms with Crippen molar-refractivity contribution in [3.05, 3.63) is 44.3 Å². The highest BCUT2D eigenvalue weighted by Gasteiger charge is 2.14. The molecule has 0 aliphatic carbocycles. The van der Waals surface area contributed by atoms with Crippen LogP contribution in [-0.2, 0) is 16.4 Å². The molecule has 0 unspecified atom stereocenters. The number of aryl methyl sites for hydroxylation is 2. The molecule has 6 nitrogen and oxygen atoms in total.